The number of carboxylic acid groups (broad SMARTS) is 1. The molecule has 2 aromatic heterocycles. The van der Waals surface area contributed by atoms with Gasteiger partial charge in [0.25, 0.3) is 10.0 Å². The van der Waals surface area contributed by atoms with Gasteiger partial charge >= 0.3 is 5.97 Å². The lowest BCUT2D eigenvalue weighted by atomic mass is 9.88. The average Bonchev–Trinajstić information content (AvgIpc) is 3.29. The Balaban J connectivity index is 0.000000252. The summed E-state index contributed by atoms with van der Waals surface area (Å²) in [4.78, 5) is 32.4. The second kappa shape index (κ2) is 24.1. The van der Waals surface area contributed by atoms with Gasteiger partial charge in [-0.2, -0.15) is 0 Å². The predicted molar refractivity (Wildman–Crippen MR) is 263 cm³/mol. The van der Waals surface area contributed by atoms with Crippen molar-refractivity contribution in [2.75, 3.05) is 14.2 Å². The Hall–Kier alpha value is -6.56. The highest BCUT2D eigenvalue weighted by Gasteiger charge is 2.23. The van der Waals surface area contributed by atoms with Crippen LogP contribution in [0.25, 0.3) is 22.3 Å². The summed E-state index contributed by atoms with van der Waals surface area (Å²) in [5.41, 5.74) is 6.94. The molecule has 368 valence electrons. The van der Waals surface area contributed by atoms with E-state index in [0.717, 1.165) is 11.1 Å². The molecule has 1 amide bonds. The molecule has 69 heavy (non-hydrogen) atoms. The molecule has 0 radical (unpaired) electrons. The van der Waals surface area contributed by atoms with Crippen LogP contribution in [0.3, 0.4) is 0 Å². The molecule has 4 aromatic carbocycles. The van der Waals surface area contributed by atoms with E-state index in [4.69, 9.17) is 14.6 Å². The molecule has 0 spiro atoms. The van der Waals surface area contributed by atoms with Crippen molar-refractivity contribution in [1.82, 2.24) is 14.7 Å². The first-order valence-electron chi connectivity index (χ1n) is 22.0. The summed E-state index contributed by atoms with van der Waals surface area (Å²) < 4.78 is 88.3. The number of primary sulfonamides is 1. The second-order valence-corrected chi connectivity index (χ2v) is 20.5. The number of aliphatic carboxylic acids is 1. The van der Waals surface area contributed by atoms with Gasteiger partial charge in [-0.3, -0.25) is 9.59 Å². The fourth-order valence-corrected chi connectivity index (χ4v) is 8.76. The number of carbonyl (C=O) groups excluding carboxylic acids is 1. The van der Waals surface area contributed by atoms with Gasteiger partial charge in [0.1, 0.15) is 11.6 Å². The number of hydrogen-bond donors (Lipinski definition) is 3. The van der Waals surface area contributed by atoms with E-state index in [1.165, 1.54) is 68.9 Å². The van der Waals surface area contributed by atoms with Crippen LogP contribution in [0.1, 0.15) is 112 Å². The number of amides is 1. The monoisotopic (exact) mass is 986 g/mol. The van der Waals surface area contributed by atoms with Gasteiger partial charge in [0.2, 0.25) is 27.7 Å². The van der Waals surface area contributed by atoms with E-state index >= 15 is 0 Å². The summed E-state index contributed by atoms with van der Waals surface area (Å²) in [6, 6.07) is 25.3. The highest BCUT2D eigenvalue weighted by molar-refractivity contribution is 7.90. The summed E-state index contributed by atoms with van der Waals surface area (Å²) >= 11 is 0. The normalized spacial score (nSPS) is 11.4. The van der Waals surface area contributed by atoms with Gasteiger partial charge in [0, 0.05) is 24.5 Å². The number of benzene rings is 4. The molecule has 0 unspecified atom stereocenters. The van der Waals surface area contributed by atoms with Gasteiger partial charge in [-0.1, -0.05) is 79.7 Å². The number of ether oxygens (including phenoxy) is 2. The van der Waals surface area contributed by atoms with E-state index in [2.05, 4.69) is 14.7 Å². The summed E-state index contributed by atoms with van der Waals surface area (Å²) in [6.45, 7) is 15.7. The lowest BCUT2D eigenvalue weighted by Crippen LogP contribution is -2.32. The van der Waals surface area contributed by atoms with E-state index in [0.29, 0.717) is 62.2 Å². The number of hydrogen-bond acceptors (Lipinski definition) is 10. The van der Waals surface area contributed by atoms with Crippen LogP contribution in [-0.4, -0.2) is 58.0 Å². The largest absolute Gasteiger partial charge is 0.481 e. The predicted octanol–water partition coefficient (Wildman–Crippen LogP) is 10.3. The van der Waals surface area contributed by atoms with E-state index in [1.54, 1.807) is 54.7 Å². The zero-order valence-electron chi connectivity index (χ0n) is 40.4. The van der Waals surface area contributed by atoms with Crippen LogP contribution in [0, 0.1) is 11.6 Å². The fraction of sp³-hybridized carbons (Fsp3) is 0.308. The van der Waals surface area contributed by atoms with Gasteiger partial charge in [0.05, 0.1) is 36.9 Å². The van der Waals surface area contributed by atoms with Gasteiger partial charge in [-0.25, -0.2) is 45.4 Å². The molecule has 0 bridgehead atoms. The number of nitrogens with two attached hydrogens (primary N) is 1. The van der Waals surface area contributed by atoms with Gasteiger partial charge in [0.15, 0.2) is 0 Å². The average molecular weight is 987 g/mol. The zero-order valence-corrected chi connectivity index (χ0v) is 42.0. The third kappa shape index (κ3) is 15.5. The zero-order chi connectivity index (χ0) is 51.4. The van der Waals surface area contributed by atoms with Gasteiger partial charge in [-0.15, -0.1) is 0 Å². The quantitative estimate of drug-likeness (QED) is 0.0883. The number of carbonyl (C=O) groups is 2. The van der Waals surface area contributed by atoms with Crippen molar-refractivity contribution >= 4 is 31.9 Å². The molecule has 0 saturated carbocycles. The SMILES string of the molecule is CC(C)c1ccc(S(N)(=O)=O)cc1.COc1cc(-c2cc(F)cc(C(C)C)c2CC(=O)NS(=O)(=O)c2ccc(C(C)C)cc2)ccn1.COc1cc(-c2cc(F)cc(C(C)C)c2CC(=O)O)ccn1. The Morgan fingerprint density at radius 1 is 0.594 bits per heavy atom. The number of nitrogens with zero attached hydrogens (tertiary/aromatic N) is 2. The number of rotatable bonds is 15. The lowest BCUT2D eigenvalue weighted by Gasteiger charge is -2.18. The Labute approximate surface area is 404 Å². The maximum atomic E-state index is 14.5. The molecule has 6 rings (SSSR count). The van der Waals surface area contributed by atoms with Crippen LogP contribution in [0.4, 0.5) is 8.78 Å². The molecule has 4 N–H and O–H groups in total. The highest BCUT2D eigenvalue weighted by Crippen LogP contribution is 2.35. The van der Waals surface area contributed by atoms with Crippen molar-refractivity contribution < 1.29 is 49.8 Å². The van der Waals surface area contributed by atoms with Gasteiger partial charge < -0.3 is 14.6 Å². The van der Waals surface area contributed by atoms with E-state index in [9.17, 15) is 40.3 Å². The van der Waals surface area contributed by atoms with Crippen LogP contribution in [0.2, 0.25) is 0 Å². The molecule has 2 heterocycles. The maximum Gasteiger partial charge on any atom is 0.307 e. The summed E-state index contributed by atoms with van der Waals surface area (Å²) in [6.07, 6.45) is 2.69. The standard InChI is InChI=1S/C26H29FN2O4S.C17H18FNO3.C9H13NO2S/c1-16(2)18-6-8-21(9-7-18)34(31,32)29-25(30)15-24-22(17(3)4)13-20(27)14-23(24)19-10-11-28-26(12-19)33-5;1-10(2)13-7-12(18)8-14(15(13)9-17(20)21)11-4-5-19-16(6-11)22-3;1-7(2)8-3-5-9(6-4-8)13(10,11)12/h6-14,16-17H,15H2,1-5H3,(H,29,30);4-8,10H,9H2,1-3H3,(H,20,21);3-7H,1-2H3,(H2,10,11,12). The number of aromatic nitrogens is 2. The van der Waals surface area contributed by atoms with Crippen LogP contribution in [0.15, 0.2) is 119 Å². The van der Waals surface area contributed by atoms with Crippen molar-refractivity contribution in [1.29, 1.82) is 0 Å². The van der Waals surface area contributed by atoms with Crippen LogP contribution < -0.4 is 19.3 Å². The minimum absolute atomic E-state index is 0.00697. The Bertz CT molecular complexity index is 2960. The van der Waals surface area contributed by atoms with Crippen molar-refractivity contribution in [3.05, 3.63) is 154 Å². The summed E-state index contributed by atoms with van der Waals surface area (Å²) in [5, 5.41) is 14.1. The highest BCUT2D eigenvalue weighted by atomic mass is 32.2. The molecule has 0 aliphatic heterocycles. The first-order valence-corrected chi connectivity index (χ1v) is 25.0. The number of pyridine rings is 2. The number of carboxylic acids is 1. The molecule has 0 fully saturated rings. The van der Waals surface area contributed by atoms with Crippen molar-refractivity contribution in [3.8, 4) is 34.0 Å². The van der Waals surface area contributed by atoms with Crippen molar-refractivity contribution in [2.24, 2.45) is 5.14 Å². The van der Waals surface area contributed by atoms with Gasteiger partial charge in [-0.05, 0) is 140 Å². The Kier molecular flexibility index (Phi) is 19.2. The molecule has 0 atom stereocenters. The molecular formula is C52H60F2N4O9S2. The number of nitrogens with one attached hydrogen (secondary N) is 1. The smallest absolute Gasteiger partial charge is 0.307 e. The minimum Gasteiger partial charge on any atom is -0.481 e. The molecular weight excluding hydrogens is 927 g/mol. The molecule has 13 nitrogen and oxygen atoms in total. The number of halogens is 2. The fourth-order valence-electron chi connectivity index (χ4n) is 7.26. The topological polar surface area (TPSA) is 205 Å². The van der Waals surface area contributed by atoms with E-state index < -0.39 is 37.7 Å². The van der Waals surface area contributed by atoms with E-state index in [1.807, 2.05) is 55.4 Å². The van der Waals surface area contributed by atoms with Crippen LogP contribution >= 0.6 is 0 Å². The molecule has 0 aliphatic rings. The minimum atomic E-state index is -4.06. The first-order chi connectivity index (χ1) is 32.3. The molecule has 0 aliphatic carbocycles. The molecule has 0 saturated heterocycles. The number of methoxy groups -OCH3 is 2. The third-order valence-electron chi connectivity index (χ3n) is 10.9. The maximum absolute atomic E-state index is 14.5. The second-order valence-electron chi connectivity index (χ2n) is 17.3. The van der Waals surface area contributed by atoms with Crippen LogP contribution in [0.5, 0.6) is 11.8 Å². The summed E-state index contributed by atoms with van der Waals surface area (Å²) in [7, 11) is -4.63. The summed E-state index contributed by atoms with van der Waals surface area (Å²) in [5.74, 6) is -1.17. The molecule has 6 aromatic rings. The van der Waals surface area contributed by atoms with Crippen LogP contribution in [-0.2, 0) is 42.5 Å². The van der Waals surface area contributed by atoms with Crippen molar-refractivity contribution in [2.45, 2.75) is 102 Å². The van der Waals surface area contributed by atoms with E-state index in [-0.39, 0.29) is 46.2 Å². The Morgan fingerprint density at radius 3 is 1.33 bits per heavy atom. The first kappa shape index (κ1) is 55.0. The third-order valence-corrected chi connectivity index (χ3v) is 13.2. The Morgan fingerprint density at radius 2 is 0.986 bits per heavy atom. The van der Waals surface area contributed by atoms with Crippen molar-refractivity contribution in [3.63, 3.8) is 0 Å². The lowest BCUT2D eigenvalue weighted by molar-refractivity contribution is -0.136. The number of sulfonamides is 2. The molecule has 17 heteroatoms.